The zero-order valence-electron chi connectivity index (χ0n) is 8.26. The van der Waals surface area contributed by atoms with Gasteiger partial charge in [0.25, 0.3) is 0 Å². The summed E-state index contributed by atoms with van der Waals surface area (Å²) in [5, 5.41) is 10.7. The summed E-state index contributed by atoms with van der Waals surface area (Å²) in [6.07, 6.45) is 4.75. The van der Waals surface area contributed by atoms with Gasteiger partial charge < -0.3 is 5.32 Å². The first kappa shape index (κ1) is 11.7. The van der Waals surface area contributed by atoms with Gasteiger partial charge in [-0.25, -0.2) is 0 Å². The molecule has 3 nitrogen and oxygen atoms in total. The first-order chi connectivity index (χ1) is 6.20. The van der Waals surface area contributed by atoms with Crippen LogP contribution in [-0.4, -0.2) is 12.5 Å². The minimum Gasteiger partial charge on any atom is -0.339 e. The molecular weight excluding hydrogens is 164 g/mol. The monoisotopic (exact) mass is 180 g/mol. The molecule has 0 aliphatic heterocycles. The molecule has 0 aromatic heterocycles. The normalized spacial score (nSPS) is 10.7. The highest BCUT2D eigenvalue weighted by atomic mass is 16.1. The molecule has 1 amide bonds. The largest absolute Gasteiger partial charge is 0.339 e. The molecule has 0 heterocycles. The Morgan fingerprint density at radius 1 is 1.62 bits per heavy atom. The second-order valence-corrected chi connectivity index (χ2v) is 2.97. The van der Waals surface area contributed by atoms with Crippen LogP contribution in [0.4, 0.5) is 0 Å². The van der Waals surface area contributed by atoms with E-state index in [1.807, 2.05) is 13.0 Å². The van der Waals surface area contributed by atoms with Crippen molar-refractivity contribution in [2.75, 3.05) is 6.54 Å². The van der Waals surface area contributed by atoms with E-state index in [0.29, 0.717) is 0 Å². The number of amides is 1. The van der Waals surface area contributed by atoms with E-state index in [1.165, 1.54) is 0 Å². The van der Waals surface area contributed by atoms with Crippen molar-refractivity contribution in [3.05, 3.63) is 11.6 Å². The van der Waals surface area contributed by atoms with E-state index in [-0.39, 0.29) is 12.5 Å². The third kappa shape index (κ3) is 7.07. The fourth-order valence-electron chi connectivity index (χ4n) is 0.929. The molecule has 0 fully saturated rings. The molecule has 0 aliphatic rings. The summed E-state index contributed by atoms with van der Waals surface area (Å²) in [7, 11) is 0. The fraction of sp³-hybridized carbons (Fsp3) is 0.600. The maximum atomic E-state index is 11.0. The van der Waals surface area contributed by atoms with Gasteiger partial charge in [0.2, 0.25) is 5.91 Å². The molecule has 0 rings (SSSR count). The second-order valence-electron chi connectivity index (χ2n) is 2.97. The van der Waals surface area contributed by atoms with Gasteiger partial charge in [-0.05, 0) is 19.8 Å². The first-order valence-electron chi connectivity index (χ1n) is 4.52. The number of unbranched alkanes of at least 4 members (excludes halogenated alkanes) is 1. The van der Waals surface area contributed by atoms with Gasteiger partial charge in [-0.15, -0.1) is 0 Å². The predicted octanol–water partition coefficient (Wildman–Crippen LogP) is 1.76. The van der Waals surface area contributed by atoms with Gasteiger partial charge in [0.05, 0.1) is 6.07 Å². The quantitative estimate of drug-likeness (QED) is 0.517. The number of allylic oxidation sites excluding steroid dienone is 1. The van der Waals surface area contributed by atoms with Crippen LogP contribution in [0.2, 0.25) is 0 Å². The lowest BCUT2D eigenvalue weighted by molar-refractivity contribution is -0.116. The topological polar surface area (TPSA) is 52.9 Å². The van der Waals surface area contributed by atoms with E-state index in [0.717, 1.165) is 24.8 Å². The Bertz CT molecular complexity index is 226. The lowest BCUT2D eigenvalue weighted by atomic mass is 10.1. The molecule has 0 spiro atoms. The Kier molecular flexibility index (Phi) is 6.62. The van der Waals surface area contributed by atoms with Crippen molar-refractivity contribution in [2.45, 2.75) is 33.1 Å². The average Bonchev–Trinajstić information content (AvgIpc) is 2.11. The van der Waals surface area contributed by atoms with E-state index < -0.39 is 0 Å². The van der Waals surface area contributed by atoms with Crippen molar-refractivity contribution < 1.29 is 4.79 Å². The smallest absolute Gasteiger partial charge is 0.244 e. The second kappa shape index (κ2) is 7.35. The predicted molar refractivity (Wildman–Crippen MR) is 51.9 cm³/mol. The van der Waals surface area contributed by atoms with Gasteiger partial charge in [0.1, 0.15) is 6.54 Å². The Balaban J connectivity index is 3.78. The van der Waals surface area contributed by atoms with Crippen LogP contribution in [0.15, 0.2) is 11.6 Å². The highest BCUT2D eigenvalue weighted by Gasteiger charge is 1.96. The molecular formula is C10H16N2O. The van der Waals surface area contributed by atoms with Crippen LogP contribution in [0.25, 0.3) is 0 Å². The zero-order valence-corrected chi connectivity index (χ0v) is 8.26. The van der Waals surface area contributed by atoms with Crippen molar-refractivity contribution in [1.29, 1.82) is 5.26 Å². The van der Waals surface area contributed by atoms with E-state index >= 15 is 0 Å². The molecule has 0 unspecified atom stereocenters. The highest BCUT2D eigenvalue weighted by Crippen LogP contribution is 2.05. The fourth-order valence-corrected chi connectivity index (χ4v) is 0.929. The van der Waals surface area contributed by atoms with E-state index in [1.54, 1.807) is 6.08 Å². The van der Waals surface area contributed by atoms with Crippen LogP contribution < -0.4 is 5.32 Å². The molecule has 13 heavy (non-hydrogen) atoms. The zero-order chi connectivity index (χ0) is 10.1. The summed E-state index contributed by atoms with van der Waals surface area (Å²) in [5.74, 6) is -0.171. The summed E-state index contributed by atoms with van der Waals surface area (Å²) in [4.78, 5) is 11.0. The number of nitriles is 1. The maximum Gasteiger partial charge on any atom is 0.244 e. The molecule has 0 aromatic rings. The Hall–Kier alpha value is -1.30. The van der Waals surface area contributed by atoms with E-state index in [2.05, 4.69) is 12.2 Å². The molecule has 0 atom stereocenters. The van der Waals surface area contributed by atoms with Crippen LogP contribution in [0.5, 0.6) is 0 Å². The van der Waals surface area contributed by atoms with Gasteiger partial charge in [-0.2, -0.15) is 5.26 Å². The molecule has 1 N–H and O–H groups in total. The van der Waals surface area contributed by atoms with Crippen LogP contribution in [0, 0.1) is 11.3 Å². The molecule has 0 radical (unpaired) electrons. The molecule has 0 aromatic carbocycles. The number of hydrogen-bond acceptors (Lipinski definition) is 2. The number of nitrogens with zero attached hydrogens (tertiary/aromatic N) is 1. The molecule has 0 bridgehead atoms. The summed E-state index contributed by atoms with van der Waals surface area (Å²) >= 11 is 0. The van der Waals surface area contributed by atoms with Crippen LogP contribution in [0.1, 0.15) is 33.1 Å². The SMILES string of the molecule is CCCC/C(C)=C/C(=O)NCC#N. The molecule has 3 heteroatoms. The third-order valence-electron chi connectivity index (χ3n) is 1.64. The summed E-state index contributed by atoms with van der Waals surface area (Å²) in [6.45, 7) is 4.13. The van der Waals surface area contributed by atoms with Crippen molar-refractivity contribution in [3.63, 3.8) is 0 Å². The van der Waals surface area contributed by atoms with Gasteiger partial charge >= 0.3 is 0 Å². The Morgan fingerprint density at radius 2 is 2.31 bits per heavy atom. The number of carbonyl (C=O) groups is 1. The summed E-state index contributed by atoms with van der Waals surface area (Å²) in [5.41, 5.74) is 1.07. The van der Waals surface area contributed by atoms with Gasteiger partial charge in [0, 0.05) is 6.08 Å². The van der Waals surface area contributed by atoms with E-state index in [4.69, 9.17) is 5.26 Å². The first-order valence-corrected chi connectivity index (χ1v) is 4.52. The maximum absolute atomic E-state index is 11.0. The van der Waals surface area contributed by atoms with E-state index in [9.17, 15) is 4.79 Å². The molecule has 0 saturated carbocycles. The van der Waals surface area contributed by atoms with Gasteiger partial charge in [0.15, 0.2) is 0 Å². The van der Waals surface area contributed by atoms with Crippen LogP contribution >= 0.6 is 0 Å². The minimum absolute atomic E-state index is 0.0798. The Labute approximate surface area is 79.4 Å². The summed E-state index contributed by atoms with van der Waals surface area (Å²) < 4.78 is 0. The molecule has 72 valence electrons. The van der Waals surface area contributed by atoms with Gasteiger partial charge in [-0.1, -0.05) is 18.9 Å². The number of hydrogen-bond donors (Lipinski definition) is 1. The lowest BCUT2D eigenvalue weighted by Gasteiger charge is -1.99. The minimum atomic E-state index is -0.171. The van der Waals surface area contributed by atoms with Gasteiger partial charge in [-0.3, -0.25) is 4.79 Å². The number of nitrogens with one attached hydrogen (secondary N) is 1. The van der Waals surface area contributed by atoms with Crippen molar-refractivity contribution in [2.24, 2.45) is 0 Å². The Morgan fingerprint density at radius 3 is 2.85 bits per heavy atom. The highest BCUT2D eigenvalue weighted by molar-refractivity contribution is 5.88. The standard InChI is InChI=1S/C10H16N2O/c1-3-4-5-9(2)8-10(13)12-7-6-11/h8H,3-5,7H2,1-2H3,(H,12,13)/b9-8+. The molecule has 0 aliphatic carbocycles. The van der Waals surface area contributed by atoms with Crippen LogP contribution in [0.3, 0.4) is 0 Å². The lowest BCUT2D eigenvalue weighted by Crippen LogP contribution is -2.21. The average molecular weight is 180 g/mol. The summed E-state index contributed by atoms with van der Waals surface area (Å²) in [6, 6.07) is 1.85. The van der Waals surface area contributed by atoms with Crippen molar-refractivity contribution in [1.82, 2.24) is 5.32 Å². The number of carbonyl (C=O) groups excluding carboxylic acids is 1. The third-order valence-corrected chi connectivity index (χ3v) is 1.64. The van der Waals surface area contributed by atoms with Crippen molar-refractivity contribution >= 4 is 5.91 Å². The molecule has 0 saturated heterocycles. The number of rotatable bonds is 5. The van der Waals surface area contributed by atoms with Crippen molar-refractivity contribution in [3.8, 4) is 6.07 Å². The van der Waals surface area contributed by atoms with Crippen LogP contribution in [-0.2, 0) is 4.79 Å².